The number of nitrogens with one attached hydrogen (secondary N) is 2. The summed E-state index contributed by atoms with van der Waals surface area (Å²) in [6.07, 6.45) is 1.75. The Balaban J connectivity index is 1.77. The van der Waals surface area contributed by atoms with Crippen LogP contribution in [-0.2, 0) is 11.3 Å². The van der Waals surface area contributed by atoms with Gasteiger partial charge >= 0.3 is 0 Å². The van der Waals surface area contributed by atoms with Gasteiger partial charge in [0.05, 0.1) is 13.2 Å². The molecule has 8 heteroatoms. The van der Waals surface area contributed by atoms with Crippen molar-refractivity contribution in [3.05, 3.63) is 47.5 Å². The summed E-state index contributed by atoms with van der Waals surface area (Å²) in [5, 5.41) is 5.90. The van der Waals surface area contributed by atoms with Crippen LogP contribution in [0.1, 0.15) is 18.4 Å². The van der Waals surface area contributed by atoms with Gasteiger partial charge in [-0.25, -0.2) is 8.78 Å². The molecule has 27 heavy (non-hydrogen) atoms. The van der Waals surface area contributed by atoms with E-state index in [1.807, 2.05) is 0 Å². The number of methoxy groups -OCH3 is 1. The summed E-state index contributed by atoms with van der Waals surface area (Å²) in [5.74, 6) is -0.791. The number of rotatable bonds is 6. The third-order valence-electron chi connectivity index (χ3n) is 4.55. The molecule has 0 spiro atoms. The summed E-state index contributed by atoms with van der Waals surface area (Å²) in [6.45, 7) is 0.937. The molecule has 2 heterocycles. The highest BCUT2D eigenvalue weighted by molar-refractivity contribution is 5.82. The van der Waals surface area contributed by atoms with Gasteiger partial charge in [-0.1, -0.05) is 0 Å². The standard InChI is InChI=1S/C19H22F2N4O2/c1-25(14-7-5-13(20)6-8-14)17-15(21)10-12(19(24-17)27-2)11-23-18(26)16-4-3-9-22-16/h5-8,10,16,22H,3-4,9,11H2,1-2H3,(H,23,26)/t16-/m0/s1. The lowest BCUT2D eigenvalue weighted by atomic mass is 10.2. The number of carbonyl (C=O) groups is 1. The number of nitrogens with zero attached hydrogens (tertiary/aromatic N) is 2. The van der Waals surface area contributed by atoms with Crippen molar-refractivity contribution < 1.29 is 18.3 Å². The Bertz CT molecular complexity index is 808. The molecule has 0 bridgehead atoms. The summed E-state index contributed by atoms with van der Waals surface area (Å²) >= 11 is 0. The normalized spacial score (nSPS) is 16.2. The third kappa shape index (κ3) is 4.33. The maximum absolute atomic E-state index is 14.6. The van der Waals surface area contributed by atoms with Crippen LogP contribution in [0.25, 0.3) is 0 Å². The Kier molecular flexibility index (Phi) is 5.85. The van der Waals surface area contributed by atoms with Gasteiger partial charge in [0.2, 0.25) is 11.8 Å². The number of amides is 1. The number of hydrogen-bond acceptors (Lipinski definition) is 5. The first-order chi connectivity index (χ1) is 13.0. The van der Waals surface area contributed by atoms with Gasteiger partial charge in [0.15, 0.2) is 11.6 Å². The van der Waals surface area contributed by atoms with Crippen molar-refractivity contribution in [1.29, 1.82) is 0 Å². The molecule has 0 unspecified atom stereocenters. The van der Waals surface area contributed by atoms with Gasteiger partial charge in [-0.05, 0) is 49.7 Å². The minimum Gasteiger partial charge on any atom is -0.481 e. The number of benzene rings is 1. The van der Waals surface area contributed by atoms with Crippen LogP contribution < -0.4 is 20.3 Å². The molecule has 3 rings (SSSR count). The lowest BCUT2D eigenvalue weighted by molar-refractivity contribution is -0.122. The lowest BCUT2D eigenvalue weighted by Crippen LogP contribution is -2.40. The fourth-order valence-corrected chi connectivity index (χ4v) is 3.04. The highest BCUT2D eigenvalue weighted by atomic mass is 19.1. The van der Waals surface area contributed by atoms with E-state index in [-0.39, 0.29) is 36.0 Å². The molecule has 2 aromatic rings. The predicted molar refractivity (Wildman–Crippen MR) is 98.1 cm³/mol. The van der Waals surface area contributed by atoms with E-state index in [9.17, 15) is 13.6 Å². The maximum atomic E-state index is 14.6. The van der Waals surface area contributed by atoms with Crippen LogP contribution >= 0.6 is 0 Å². The van der Waals surface area contributed by atoms with E-state index in [1.54, 1.807) is 7.05 Å². The van der Waals surface area contributed by atoms with E-state index in [0.717, 1.165) is 19.4 Å². The predicted octanol–water partition coefficient (Wildman–Crippen LogP) is 2.50. The van der Waals surface area contributed by atoms with Gasteiger partial charge in [-0.15, -0.1) is 0 Å². The number of halogens is 2. The number of ether oxygens (including phenoxy) is 1. The van der Waals surface area contributed by atoms with Crippen LogP contribution in [0.2, 0.25) is 0 Å². The van der Waals surface area contributed by atoms with Crippen molar-refractivity contribution in [2.45, 2.75) is 25.4 Å². The monoisotopic (exact) mass is 376 g/mol. The largest absolute Gasteiger partial charge is 0.481 e. The lowest BCUT2D eigenvalue weighted by Gasteiger charge is -2.21. The molecule has 6 nitrogen and oxygen atoms in total. The quantitative estimate of drug-likeness (QED) is 0.811. The van der Waals surface area contributed by atoms with Crippen LogP contribution in [0.3, 0.4) is 0 Å². The Hall–Kier alpha value is -2.74. The first-order valence-corrected chi connectivity index (χ1v) is 8.73. The SMILES string of the molecule is COc1nc(N(C)c2ccc(F)cc2)c(F)cc1CNC(=O)[C@@H]1CCCN1. The van der Waals surface area contributed by atoms with Crippen LogP contribution in [0.15, 0.2) is 30.3 Å². The van der Waals surface area contributed by atoms with Gasteiger partial charge < -0.3 is 20.3 Å². The molecule has 1 aliphatic heterocycles. The minimum atomic E-state index is -0.564. The first kappa shape index (κ1) is 19.0. The van der Waals surface area contributed by atoms with Crippen molar-refractivity contribution >= 4 is 17.4 Å². The molecule has 1 saturated heterocycles. The van der Waals surface area contributed by atoms with E-state index in [4.69, 9.17) is 4.74 Å². The number of carbonyl (C=O) groups excluding carboxylic acids is 1. The highest BCUT2D eigenvalue weighted by Crippen LogP contribution is 2.29. The zero-order valence-electron chi connectivity index (χ0n) is 15.3. The summed E-state index contributed by atoms with van der Waals surface area (Å²) < 4.78 is 33.0. The average molecular weight is 376 g/mol. The molecule has 0 aliphatic carbocycles. The maximum Gasteiger partial charge on any atom is 0.237 e. The van der Waals surface area contributed by atoms with E-state index < -0.39 is 5.82 Å². The van der Waals surface area contributed by atoms with Crippen molar-refractivity contribution in [3.8, 4) is 5.88 Å². The van der Waals surface area contributed by atoms with E-state index in [1.165, 1.54) is 42.3 Å². The Morgan fingerprint density at radius 1 is 1.37 bits per heavy atom. The summed E-state index contributed by atoms with van der Waals surface area (Å²) in [5.41, 5.74) is 1.02. The molecule has 0 radical (unpaired) electrons. The zero-order valence-corrected chi connectivity index (χ0v) is 15.3. The second kappa shape index (κ2) is 8.30. The first-order valence-electron chi connectivity index (χ1n) is 8.73. The fourth-order valence-electron chi connectivity index (χ4n) is 3.04. The molecule has 1 atom stereocenters. The van der Waals surface area contributed by atoms with Gasteiger partial charge in [-0.3, -0.25) is 4.79 Å². The minimum absolute atomic E-state index is 0.0472. The van der Waals surface area contributed by atoms with Crippen molar-refractivity contribution in [3.63, 3.8) is 0 Å². The average Bonchev–Trinajstić information content (AvgIpc) is 3.21. The van der Waals surface area contributed by atoms with Crippen molar-refractivity contribution in [2.24, 2.45) is 0 Å². The van der Waals surface area contributed by atoms with Gasteiger partial charge in [-0.2, -0.15) is 4.98 Å². The topological polar surface area (TPSA) is 66.5 Å². The van der Waals surface area contributed by atoms with E-state index in [0.29, 0.717) is 11.3 Å². The third-order valence-corrected chi connectivity index (χ3v) is 4.55. The molecule has 1 amide bonds. The van der Waals surface area contributed by atoms with Crippen LogP contribution in [-0.4, -0.2) is 37.6 Å². The zero-order chi connectivity index (χ0) is 19.4. The van der Waals surface area contributed by atoms with Crippen LogP contribution in [0.4, 0.5) is 20.3 Å². The second-order valence-electron chi connectivity index (χ2n) is 6.36. The molecule has 1 aromatic carbocycles. The van der Waals surface area contributed by atoms with Crippen LogP contribution in [0.5, 0.6) is 5.88 Å². The van der Waals surface area contributed by atoms with E-state index >= 15 is 0 Å². The van der Waals surface area contributed by atoms with Gasteiger partial charge in [0.1, 0.15) is 5.82 Å². The molecule has 0 saturated carbocycles. The summed E-state index contributed by atoms with van der Waals surface area (Å²) in [6, 6.07) is 6.74. The summed E-state index contributed by atoms with van der Waals surface area (Å²) in [4.78, 5) is 17.9. The molecular weight excluding hydrogens is 354 g/mol. The molecular formula is C19H22F2N4O2. The molecule has 1 aliphatic rings. The number of pyridine rings is 1. The van der Waals surface area contributed by atoms with Gasteiger partial charge in [0.25, 0.3) is 0 Å². The number of hydrogen-bond donors (Lipinski definition) is 2. The summed E-state index contributed by atoms with van der Waals surface area (Å²) in [7, 11) is 3.07. The number of anilines is 2. The second-order valence-corrected chi connectivity index (χ2v) is 6.36. The van der Waals surface area contributed by atoms with Crippen molar-refractivity contribution in [1.82, 2.24) is 15.6 Å². The molecule has 144 valence electrons. The molecule has 2 N–H and O–H groups in total. The Morgan fingerprint density at radius 3 is 2.74 bits per heavy atom. The molecule has 1 fully saturated rings. The molecule has 1 aromatic heterocycles. The Labute approximate surface area is 156 Å². The van der Waals surface area contributed by atoms with Crippen LogP contribution in [0, 0.1) is 11.6 Å². The van der Waals surface area contributed by atoms with Gasteiger partial charge in [0, 0.05) is 24.8 Å². The van der Waals surface area contributed by atoms with Crippen molar-refractivity contribution in [2.75, 3.05) is 25.6 Å². The smallest absolute Gasteiger partial charge is 0.237 e. The Morgan fingerprint density at radius 2 is 2.11 bits per heavy atom. The highest BCUT2D eigenvalue weighted by Gasteiger charge is 2.23. The number of aromatic nitrogens is 1. The van der Waals surface area contributed by atoms with E-state index in [2.05, 4.69) is 15.6 Å². The fraction of sp³-hybridized carbons (Fsp3) is 0.368.